The highest BCUT2D eigenvalue weighted by Gasteiger charge is 2.31. The van der Waals surface area contributed by atoms with Crippen molar-refractivity contribution in [2.45, 2.75) is 30.4 Å². The topological polar surface area (TPSA) is 96.2 Å². The molecule has 2 aromatic carbocycles. The zero-order valence-electron chi connectivity index (χ0n) is 20.9. The van der Waals surface area contributed by atoms with E-state index in [1.54, 1.807) is 28.4 Å². The van der Waals surface area contributed by atoms with Gasteiger partial charge in [-0.1, -0.05) is 30.3 Å². The van der Waals surface area contributed by atoms with Crippen LogP contribution in [-0.2, 0) is 24.3 Å². The average Bonchev–Trinajstić information content (AvgIpc) is 3.39. The maximum absolute atomic E-state index is 13.4. The van der Waals surface area contributed by atoms with Crippen LogP contribution in [0.25, 0.3) is 0 Å². The summed E-state index contributed by atoms with van der Waals surface area (Å²) in [6.07, 6.45) is 6.27. The second-order valence-electron chi connectivity index (χ2n) is 9.45. The van der Waals surface area contributed by atoms with E-state index in [9.17, 15) is 9.59 Å². The Morgan fingerprint density at radius 3 is 2.87 bits per heavy atom. The summed E-state index contributed by atoms with van der Waals surface area (Å²) in [7, 11) is 1.76. The van der Waals surface area contributed by atoms with Gasteiger partial charge < -0.3 is 15.1 Å². The van der Waals surface area contributed by atoms with E-state index in [0.717, 1.165) is 41.3 Å². The molecule has 4 aromatic rings. The standard InChI is InChI=1S/C28H27N7O2S/c1-33-24-13-22(34-12-10-20-9-11-29-14-21(20)16-34)7-8-25(24)38-17-23(28(33)37)31-27(36)26-30-18-35(32-26)15-19-5-3-2-4-6-19/h2-9,11,13-14,18,23H,10,12,15-17H2,1H3,(H,31,36)/t23-/m0/s1. The average molecular weight is 526 g/mol. The van der Waals surface area contributed by atoms with Crippen LogP contribution in [0.15, 0.2) is 78.2 Å². The van der Waals surface area contributed by atoms with E-state index in [2.05, 4.69) is 49.5 Å². The van der Waals surface area contributed by atoms with Crippen LogP contribution in [0.5, 0.6) is 0 Å². The Kier molecular flexibility index (Phi) is 6.55. The summed E-state index contributed by atoms with van der Waals surface area (Å²) in [5.74, 6) is -0.158. The van der Waals surface area contributed by atoms with Crippen LogP contribution >= 0.6 is 11.8 Å². The molecule has 0 unspecified atom stereocenters. The van der Waals surface area contributed by atoms with Gasteiger partial charge in [-0.2, -0.15) is 0 Å². The fourth-order valence-electron chi connectivity index (χ4n) is 4.86. The molecule has 2 amide bonds. The molecule has 0 bridgehead atoms. The highest BCUT2D eigenvalue weighted by atomic mass is 32.2. The fraction of sp³-hybridized carbons (Fsp3) is 0.250. The molecule has 2 aromatic heterocycles. The van der Waals surface area contributed by atoms with Crippen LogP contribution in [0.3, 0.4) is 0 Å². The molecule has 0 saturated heterocycles. The largest absolute Gasteiger partial charge is 0.367 e. The Balaban J connectivity index is 1.14. The predicted molar refractivity (Wildman–Crippen MR) is 146 cm³/mol. The molecular formula is C28H27N7O2S. The normalized spacial score (nSPS) is 17.0. The lowest BCUT2D eigenvalue weighted by Crippen LogP contribution is -2.48. The first-order valence-corrected chi connectivity index (χ1v) is 13.5. The second kappa shape index (κ2) is 10.3. The molecule has 9 nitrogen and oxygen atoms in total. The number of fused-ring (bicyclic) bond motifs is 2. The second-order valence-corrected chi connectivity index (χ2v) is 10.5. The number of nitrogens with one attached hydrogen (secondary N) is 1. The first-order chi connectivity index (χ1) is 18.5. The number of anilines is 2. The van der Waals surface area contributed by atoms with Gasteiger partial charge in [0.1, 0.15) is 12.4 Å². The molecule has 0 spiro atoms. The van der Waals surface area contributed by atoms with Crippen molar-refractivity contribution in [3.63, 3.8) is 0 Å². The van der Waals surface area contributed by atoms with Crippen molar-refractivity contribution in [2.24, 2.45) is 0 Å². The van der Waals surface area contributed by atoms with E-state index < -0.39 is 11.9 Å². The van der Waals surface area contributed by atoms with E-state index in [0.29, 0.717) is 12.3 Å². The number of carbonyl (C=O) groups excluding carboxylic acids is 2. The van der Waals surface area contributed by atoms with Crippen molar-refractivity contribution < 1.29 is 9.59 Å². The molecule has 2 aliphatic heterocycles. The number of hydrogen-bond acceptors (Lipinski definition) is 7. The number of aromatic nitrogens is 4. The van der Waals surface area contributed by atoms with Crippen molar-refractivity contribution in [1.29, 1.82) is 0 Å². The summed E-state index contributed by atoms with van der Waals surface area (Å²) in [4.78, 5) is 39.7. The van der Waals surface area contributed by atoms with Gasteiger partial charge in [0.25, 0.3) is 5.91 Å². The van der Waals surface area contributed by atoms with Crippen molar-refractivity contribution in [3.8, 4) is 0 Å². The lowest BCUT2D eigenvalue weighted by atomic mass is 10.0. The molecule has 0 saturated carbocycles. The molecule has 0 fully saturated rings. The zero-order chi connectivity index (χ0) is 26.1. The van der Waals surface area contributed by atoms with Crippen molar-refractivity contribution in [1.82, 2.24) is 25.1 Å². The van der Waals surface area contributed by atoms with Crippen molar-refractivity contribution >= 4 is 35.0 Å². The van der Waals surface area contributed by atoms with E-state index in [4.69, 9.17) is 0 Å². The van der Waals surface area contributed by atoms with Gasteiger partial charge in [-0.3, -0.25) is 14.6 Å². The maximum atomic E-state index is 13.4. The van der Waals surface area contributed by atoms with E-state index in [-0.39, 0.29) is 11.7 Å². The minimum Gasteiger partial charge on any atom is -0.367 e. The molecule has 4 heterocycles. The third-order valence-electron chi connectivity index (χ3n) is 6.95. The summed E-state index contributed by atoms with van der Waals surface area (Å²) in [6, 6.07) is 17.5. The molecule has 10 heteroatoms. The number of hydrogen-bond donors (Lipinski definition) is 1. The molecule has 6 rings (SSSR count). The highest BCUT2D eigenvalue weighted by Crippen LogP contribution is 2.37. The SMILES string of the molecule is CN1C(=O)[C@@H](NC(=O)c2ncn(Cc3ccccc3)n2)CSc2ccc(N3CCc4ccncc4C3)cc21. The number of thioether (sulfide) groups is 1. The number of likely N-dealkylation sites (N-methyl/N-ethyl adjacent to an activating group) is 1. The van der Waals surface area contributed by atoms with Crippen LogP contribution in [0.2, 0.25) is 0 Å². The minimum atomic E-state index is -0.692. The first kappa shape index (κ1) is 24.2. The molecule has 38 heavy (non-hydrogen) atoms. The predicted octanol–water partition coefficient (Wildman–Crippen LogP) is 3.15. The molecule has 1 N–H and O–H groups in total. The lowest BCUT2D eigenvalue weighted by Gasteiger charge is -2.31. The lowest BCUT2D eigenvalue weighted by molar-refractivity contribution is -0.119. The summed E-state index contributed by atoms with van der Waals surface area (Å²) >= 11 is 1.56. The van der Waals surface area contributed by atoms with E-state index in [1.807, 2.05) is 42.7 Å². The molecule has 0 radical (unpaired) electrons. The van der Waals surface area contributed by atoms with Crippen LogP contribution in [-0.4, -0.2) is 56.9 Å². The van der Waals surface area contributed by atoms with Gasteiger partial charge in [-0.25, -0.2) is 9.67 Å². The van der Waals surface area contributed by atoms with Crippen molar-refractivity contribution in [3.05, 3.63) is 95.8 Å². The summed E-state index contributed by atoms with van der Waals surface area (Å²) in [5, 5.41) is 7.16. The maximum Gasteiger partial charge on any atom is 0.291 e. The van der Waals surface area contributed by atoms with Gasteiger partial charge in [0.15, 0.2) is 0 Å². The molecule has 2 aliphatic rings. The Morgan fingerprint density at radius 2 is 2.00 bits per heavy atom. The fourth-order valence-corrected chi connectivity index (χ4v) is 5.94. The molecule has 192 valence electrons. The van der Waals surface area contributed by atoms with Crippen LogP contribution in [0.1, 0.15) is 27.3 Å². The Labute approximate surface area is 224 Å². The van der Waals surface area contributed by atoms with Gasteiger partial charge in [0.2, 0.25) is 11.7 Å². The molecule has 0 aliphatic carbocycles. The Hall–Kier alpha value is -4.18. The number of rotatable bonds is 5. The Bertz CT molecular complexity index is 1490. The number of benzene rings is 2. The van der Waals surface area contributed by atoms with Crippen LogP contribution in [0.4, 0.5) is 11.4 Å². The highest BCUT2D eigenvalue weighted by molar-refractivity contribution is 7.99. The van der Waals surface area contributed by atoms with Crippen LogP contribution in [0, 0.1) is 0 Å². The first-order valence-electron chi connectivity index (χ1n) is 12.5. The van der Waals surface area contributed by atoms with Gasteiger partial charge in [-0.05, 0) is 47.4 Å². The third-order valence-corrected chi connectivity index (χ3v) is 8.11. The van der Waals surface area contributed by atoms with Crippen LogP contribution < -0.4 is 15.1 Å². The number of pyridine rings is 1. The monoisotopic (exact) mass is 525 g/mol. The minimum absolute atomic E-state index is 0.0466. The quantitative estimate of drug-likeness (QED) is 0.428. The van der Waals surface area contributed by atoms with Gasteiger partial charge >= 0.3 is 0 Å². The third kappa shape index (κ3) is 4.87. The zero-order valence-corrected chi connectivity index (χ0v) is 21.8. The van der Waals surface area contributed by atoms with E-state index in [1.165, 1.54) is 17.5 Å². The Morgan fingerprint density at radius 1 is 1.13 bits per heavy atom. The molecule has 1 atom stereocenters. The van der Waals surface area contributed by atoms with Gasteiger partial charge in [0.05, 0.1) is 12.2 Å². The number of nitrogens with zero attached hydrogens (tertiary/aromatic N) is 6. The van der Waals surface area contributed by atoms with Crippen molar-refractivity contribution in [2.75, 3.05) is 29.1 Å². The summed E-state index contributed by atoms with van der Waals surface area (Å²) in [5.41, 5.74) is 5.54. The molecular weight excluding hydrogens is 498 g/mol. The smallest absolute Gasteiger partial charge is 0.291 e. The van der Waals surface area contributed by atoms with Gasteiger partial charge in [-0.15, -0.1) is 16.9 Å². The van der Waals surface area contributed by atoms with E-state index >= 15 is 0 Å². The summed E-state index contributed by atoms with van der Waals surface area (Å²) in [6.45, 7) is 2.21. The number of amides is 2. The van der Waals surface area contributed by atoms with Gasteiger partial charge in [0, 0.05) is 48.9 Å². The number of carbonyl (C=O) groups is 2. The summed E-state index contributed by atoms with van der Waals surface area (Å²) < 4.78 is 1.62.